The molecule has 0 saturated carbocycles. The molecule has 0 amide bonds. The molecule has 36 heavy (non-hydrogen) atoms. The Balaban J connectivity index is 1.97. The smallest absolute Gasteiger partial charge is 0.338 e. The molecule has 1 aliphatic heterocycles. The number of phenolic OH excluding ortho intramolecular Hbond substituents is 1. The van der Waals surface area contributed by atoms with Gasteiger partial charge in [-0.05, 0) is 49.9 Å². The number of benzene rings is 2. The van der Waals surface area contributed by atoms with Crippen LogP contribution in [0, 0.1) is 10.1 Å². The molecule has 2 heterocycles. The number of nitro benzene ring substituents is 1. The first kappa shape index (κ1) is 25.9. The number of hydrogen-bond acceptors (Lipinski definition) is 9. The highest BCUT2D eigenvalue weighted by Crippen LogP contribution is 2.34. The SMILES string of the molecule is CCOC(=O)C1=C(C)N=c2s/c(=C\c3cc(Br)cc([N+](=O)[O-])c3O)c(=O)n2[C@@H]1c1ccc(SC)cc1. The number of phenols is 1. The third kappa shape index (κ3) is 4.75. The highest BCUT2D eigenvalue weighted by molar-refractivity contribution is 9.10. The van der Waals surface area contributed by atoms with Gasteiger partial charge in [0.1, 0.15) is 0 Å². The van der Waals surface area contributed by atoms with E-state index in [1.165, 1.54) is 22.8 Å². The van der Waals surface area contributed by atoms with Crippen LogP contribution in [0.5, 0.6) is 5.75 Å². The van der Waals surface area contributed by atoms with E-state index in [1.807, 2.05) is 30.5 Å². The Morgan fingerprint density at radius 3 is 2.67 bits per heavy atom. The molecule has 186 valence electrons. The summed E-state index contributed by atoms with van der Waals surface area (Å²) in [4.78, 5) is 43.1. The van der Waals surface area contributed by atoms with Gasteiger partial charge in [-0.25, -0.2) is 9.79 Å². The average Bonchev–Trinajstić information content (AvgIpc) is 3.14. The Morgan fingerprint density at radius 1 is 1.36 bits per heavy atom. The minimum absolute atomic E-state index is 0.101. The van der Waals surface area contributed by atoms with Crippen molar-refractivity contribution < 1.29 is 19.6 Å². The van der Waals surface area contributed by atoms with Gasteiger partial charge in [0.05, 0.1) is 33.4 Å². The molecule has 12 heteroatoms. The van der Waals surface area contributed by atoms with Crippen molar-refractivity contribution in [2.75, 3.05) is 12.9 Å². The average molecular weight is 590 g/mol. The molecule has 1 aliphatic rings. The van der Waals surface area contributed by atoms with Gasteiger partial charge in [-0.1, -0.05) is 39.4 Å². The van der Waals surface area contributed by atoms with Crippen LogP contribution in [0.4, 0.5) is 5.69 Å². The highest BCUT2D eigenvalue weighted by Gasteiger charge is 2.33. The number of nitro groups is 1. The fourth-order valence-electron chi connectivity index (χ4n) is 3.89. The molecular weight excluding hydrogens is 570 g/mol. The number of esters is 1. The van der Waals surface area contributed by atoms with Crippen molar-refractivity contribution in [3.8, 4) is 5.75 Å². The van der Waals surface area contributed by atoms with Gasteiger partial charge in [-0.2, -0.15) is 0 Å². The van der Waals surface area contributed by atoms with Crippen LogP contribution in [0.2, 0.25) is 0 Å². The van der Waals surface area contributed by atoms with Gasteiger partial charge < -0.3 is 9.84 Å². The van der Waals surface area contributed by atoms with E-state index in [9.17, 15) is 24.8 Å². The zero-order valence-electron chi connectivity index (χ0n) is 19.4. The van der Waals surface area contributed by atoms with Crippen LogP contribution < -0.4 is 14.9 Å². The van der Waals surface area contributed by atoms with E-state index in [1.54, 1.807) is 25.6 Å². The number of allylic oxidation sites excluding steroid dienone is 1. The molecule has 0 saturated heterocycles. The van der Waals surface area contributed by atoms with E-state index in [0.717, 1.165) is 16.2 Å². The first-order valence-corrected chi connectivity index (χ1v) is 13.5. The number of fused-ring (bicyclic) bond motifs is 1. The van der Waals surface area contributed by atoms with Crippen LogP contribution in [-0.4, -0.2) is 33.4 Å². The van der Waals surface area contributed by atoms with Gasteiger partial charge in [-0.15, -0.1) is 11.8 Å². The van der Waals surface area contributed by atoms with E-state index < -0.39 is 33.9 Å². The van der Waals surface area contributed by atoms with Crippen molar-refractivity contribution in [3.05, 3.63) is 93.1 Å². The van der Waals surface area contributed by atoms with E-state index >= 15 is 0 Å². The van der Waals surface area contributed by atoms with E-state index in [-0.39, 0.29) is 22.3 Å². The molecule has 0 fully saturated rings. The van der Waals surface area contributed by atoms with Crippen LogP contribution in [0.3, 0.4) is 0 Å². The number of hydrogen-bond donors (Lipinski definition) is 1. The van der Waals surface area contributed by atoms with Crippen molar-refractivity contribution in [2.24, 2.45) is 4.99 Å². The minimum atomic E-state index is -0.774. The number of halogens is 1. The first-order valence-electron chi connectivity index (χ1n) is 10.7. The topological polar surface area (TPSA) is 124 Å². The Morgan fingerprint density at radius 2 is 2.06 bits per heavy atom. The normalized spacial score (nSPS) is 15.4. The lowest BCUT2D eigenvalue weighted by atomic mass is 9.96. The van der Waals surface area contributed by atoms with Crippen molar-refractivity contribution >= 4 is 56.8 Å². The fourth-order valence-corrected chi connectivity index (χ4v) is 5.80. The summed E-state index contributed by atoms with van der Waals surface area (Å²) in [6.07, 6.45) is 3.34. The Kier molecular flexibility index (Phi) is 7.48. The molecule has 1 aromatic heterocycles. The van der Waals surface area contributed by atoms with Gasteiger partial charge in [0.15, 0.2) is 4.80 Å². The Bertz CT molecular complexity index is 1590. The summed E-state index contributed by atoms with van der Waals surface area (Å²) < 4.78 is 7.28. The molecule has 4 rings (SSSR count). The van der Waals surface area contributed by atoms with Gasteiger partial charge in [0, 0.05) is 21.0 Å². The third-order valence-corrected chi connectivity index (χ3v) is 7.70. The summed E-state index contributed by atoms with van der Waals surface area (Å²) in [6, 6.07) is 9.42. The summed E-state index contributed by atoms with van der Waals surface area (Å²) in [6.45, 7) is 3.56. The van der Waals surface area contributed by atoms with E-state index in [4.69, 9.17) is 4.74 Å². The predicted molar refractivity (Wildman–Crippen MR) is 141 cm³/mol. The molecule has 0 radical (unpaired) electrons. The fraction of sp³-hybridized carbons (Fsp3) is 0.208. The highest BCUT2D eigenvalue weighted by atomic mass is 79.9. The van der Waals surface area contributed by atoms with Crippen LogP contribution in [0.1, 0.15) is 31.0 Å². The van der Waals surface area contributed by atoms with Crippen LogP contribution >= 0.6 is 39.0 Å². The molecule has 1 atom stereocenters. The lowest BCUT2D eigenvalue weighted by Crippen LogP contribution is -2.39. The van der Waals surface area contributed by atoms with Crippen LogP contribution in [0.15, 0.2) is 66.8 Å². The summed E-state index contributed by atoms with van der Waals surface area (Å²) >= 11 is 5.84. The lowest BCUT2D eigenvalue weighted by Gasteiger charge is -2.24. The van der Waals surface area contributed by atoms with Crippen molar-refractivity contribution in [3.63, 3.8) is 0 Å². The first-order chi connectivity index (χ1) is 17.2. The summed E-state index contributed by atoms with van der Waals surface area (Å²) in [5.74, 6) is -1.12. The number of ether oxygens (including phenoxy) is 1. The standard InChI is InChI=1S/C24H20BrN3O6S2/c1-4-34-23(31)19-12(2)26-24-27(20(19)13-5-7-16(35-3)8-6-13)22(30)18(36-24)10-14-9-15(25)11-17(21(14)29)28(32)33/h5-11,20,29H,4H2,1-3H3/b18-10-/t20-/m1/s1. The molecule has 1 N–H and O–H groups in total. The predicted octanol–water partition coefficient (Wildman–Crippen LogP) is 3.90. The molecule has 9 nitrogen and oxygen atoms in total. The van der Waals surface area contributed by atoms with Crippen molar-refractivity contribution in [1.82, 2.24) is 4.57 Å². The van der Waals surface area contributed by atoms with E-state index in [2.05, 4.69) is 20.9 Å². The number of carbonyl (C=O) groups is 1. The van der Waals surface area contributed by atoms with Gasteiger partial charge >= 0.3 is 11.7 Å². The largest absolute Gasteiger partial charge is 0.502 e. The van der Waals surface area contributed by atoms with Crippen LogP contribution in [-0.2, 0) is 9.53 Å². The number of thioether (sulfide) groups is 1. The second-order valence-corrected chi connectivity index (χ2v) is 10.5. The Labute approximate surface area is 221 Å². The maximum Gasteiger partial charge on any atom is 0.338 e. The number of rotatable bonds is 6. The van der Waals surface area contributed by atoms with Crippen molar-refractivity contribution in [1.29, 1.82) is 0 Å². The zero-order chi connectivity index (χ0) is 26.1. The molecule has 0 bridgehead atoms. The molecule has 3 aromatic rings. The molecule has 0 unspecified atom stereocenters. The number of aromatic hydroxyl groups is 1. The number of carbonyl (C=O) groups excluding carboxylic acids is 1. The molecule has 2 aromatic carbocycles. The van der Waals surface area contributed by atoms with Gasteiger partial charge in [-0.3, -0.25) is 19.5 Å². The van der Waals surface area contributed by atoms with Gasteiger partial charge in [0.2, 0.25) is 5.75 Å². The third-order valence-electron chi connectivity index (χ3n) is 5.52. The summed E-state index contributed by atoms with van der Waals surface area (Å²) in [5, 5.41) is 21.8. The molecular formula is C24H20BrN3O6S2. The number of thiazole rings is 1. The number of nitrogens with zero attached hydrogens (tertiary/aromatic N) is 3. The maximum absolute atomic E-state index is 13.6. The quantitative estimate of drug-likeness (QED) is 0.200. The molecule has 0 aliphatic carbocycles. The second kappa shape index (κ2) is 10.4. The lowest BCUT2D eigenvalue weighted by molar-refractivity contribution is -0.385. The summed E-state index contributed by atoms with van der Waals surface area (Å²) in [5.41, 5.74) is 0.557. The second-order valence-electron chi connectivity index (χ2n) is 7.70. The maximum atomic E-state index is 13.6. The van der Waals surface area contributed by atoms with E-state index in [0.29, 0.717) is 20.5 Å². The van der Waals surface area contributed by atoms with Crippen LogP contribution in [0.25, 0.3) is 6.08 Å². The van der Waals surface area contributed by atoms with Crippen molar-refractivity contribution in [2.45, 2.75) is 24.8 Å². The Hall–Kier alpha value is -3.22. The zero-order valence-corrected chi connectivity index (χ0v) is 22.6. The minimum Gasteiger partial charge on any atom is -0.502 e. The number of aromatic nitrogens is 1. The monoisotopic (exact) mass is 589 g/mol. The van der Waals surface area contributed by atoms with Gasteiger partial charge in [0.25, 0.3) is 5.56 Å². The molecule has 0 spiro atoms. The summed E-state index contributed by atoms with van der Waals surface area (Å²) in [7, 11) is 0.